The molecule has 0 radical (unpaired) electrons. The number of aromatic nitrogens is 4. The Balaban J connectivity index is 1.34. The normalized spacial score (nSPS) is 12.9. The Bertz CT molecular complexity index is 1310. The van der Waals surface area contributed by atoms with Crippen molar-refractivity contribution in [1.29, 1.82) is 0 Å². The fourth-order valence-corrected chi connectivity index (χ4v) is 3.88. The maximum atomic E-state index is 13.0. The van der Waals surface area contributed by atoms with Gasteiger partial charge in [-0.2, -0.15) is 5.10 Å². The lowest BCUT2D eigenvalue weighted by Crippen LogP contribution is -2.43. The summed E-state index contributed by atoms with van der Waals surface area (Å²) >= 11 is 0. The van der Waals surface area contributed by atoms with Crippen LogP contribution >= 0.6 is 0 Å². The molecule has 0 aliphatic carbocycles. The minimum atomic E-state index is -0.349. The number of pyridine rings is 1. The van der Waals surface area contributed by atoms with E-state index in [2.05, 4.69) is 15.4 Å². The molecule has 0 atom stereocenters. The molecular weight excluding hydrogens is 432 g/mol. The number of benzene rings is 1. The third kappa shape index (κ3) is 4.19. The van der Waals surface area contributed by atoms with Crippen molar-refractivity contribution in [3.8, 4) is 22.8 Å². The van der Waals surface area contributed by atoms with Crippen LogP contribution in [0.2, 0.25) is 0 Å². The zero-order valence-electron chi connectivity index (χ0n) is 18.8. The number of likely N-dealkylation sites (tertiary alicyclic amines) is 1. The minimum absolute atomic E-state index is 0.160. The number of carbonyl (C=O) groups is 2. The first kappa shape index (κ1) is 21.6. The number of hydrogen-bond acceptors (Lipinski definition) is 6. The molecule has 1 N–H and O–H groups in total. The lowest BCUT2D eigenvalue weighted by atomic mass is 10.1. The van der Waals surface area contributed by atoms with E-state index in [-0.39, 0.29) is 17.5 Å². The van der Waals surface area contributed by atoms with Crippen molar-refractivity contribution in [2.45, 2.75) is 12.8 Å². The van der Waals surface area contributed by atoms with Crippen LogP contribution in [-0.2, 0) is 13.5 Å². The van der Waals surface area contributed by atoms with Crippen molar-refractivity contribution in [1.82, 2.24) is 30.0 Å². The van der Waals surface area contributed by atoms with Crippen molar-refractivity contribution < 1.29 is 14.0 Å². The SMILES string of the molecule is Cn1ncc(C(=O)N2CCC2)c1C(=O)NCCc1nc(-c2ccccc2)oc1-c1cccnc1. The molecule has 4 heterocycles. The Labute approximate surface area is 196 Å². The fourth-order valence-electron chi connectivity index (χ4n) is 3.88. The van der Waals surface area contributed by atoms with Crippen LogP contribution in [-0.4, -0.2) is 56.1 Å². The number of nitrogens with one attached hydrogen (secondary N) is 1. The van der Waals surface area contributed by atoms with Gasteiger partial charge in [0.15, 0.2) is 5.76 Å². The highest BCUT2D eigenvalue weighted by Gasteiger charge is 2.28. The Morgan fingerprint density at radius 1 is 1.06 bits per heavy atom. The average molecular weight is 457 g/mol. The van der Waals surface area contributed by atoms with Crippen LogP contribution in [0, 0.1) is 0 Å². The molecule has 3 aromatic heterocycles. The van der Waals surface area contributed by atoms with E-state index in [4.69, 9.17) is 9.40 Å². The quantitative estimate of drug-likeness (QED) is 0.458. The molecule has 5 rings (SSSR count). The predicted octanol–water partition coefficient (Wildman–Crippen LogP) is 2.96. The second kappa shape index (κ2) is 9.30. The van der Waals surface area contributed by atoms with Crippen molar-refractivity contribution >= 4 is 11.8 Å². The number of carbonyl (C=O) groups excluding carboxylic acids is 2. The maximum Gasteiger partial charge on any atom is 0.270 e. The summed E-state index contributed by atoms with van der Waals surface area (Å²) in [4.78, 5) is 36.2. The van der Waals surface area contributed by atoms with Crippen LogP contribution in [0.4, 0.5) is 0 Å². The van der Waals surface area contributed by atoms with E-state index in [9.17, 15) is 9.59 Å². The second-order valence-electron chi connectivity index (χ2n) is 8.08. The molecule has 34 heavy (non-hydrogen) atoms. The Kier molecular flexibility index (Phi) is 5.90. The number of amides is 2. The van der Waals surface area contributed by atoms with Gasteiger partial charge in [0.1, 0.15) is 5.69 Å². The van der Waals surface area contributed by atoms with E-state index < -0.39 is 0 Å². The highest BCUT2D eigenvalue weighted by atomic mass is 16.4. The lowest BCUT2D eigenvalue weighted by molar-refractivity contribution is 0.0647. The van der Waals surface area contributed by atoms with Gasteiger partial charge in [0.2, 0.25) is 5.89 Å². The third-order valence-electron chi connectivity index (χ3n) is 5.82. The maximum absolute atomic E-state index is 13.0. The first-order valence-electron chi connectivity index (χ1n) is 11.2. The Morgan fingerprint density at radius 2 is 1.85 bits per heavy atom. The smallest absolute Gasteiger partial charge is 0.270 e. The first-order valence-corrected chi connectivity index (χ1v) is 11.2. The summed E-state index contributed by atoms with van der Waals surface area (Å²) in [5.41, 5.74) is 2.98. The molecule has 1 aliphatic rings. The first-order chi connectivity index (χ1) is 16.6. The van der Waals surface area contributed by atoms with Crippen molar-refractivity contribution in [3.05, 3.63) is 78.0 Å². The molecule has 1 aliphatic heterocycles. The minimum Gasteiger partial charge on any atom is -0.436 e. The number of nitrogens with zero attached hydrogens (tertiary/aromatic N) is 5. The third-order valence-corrected chi connectivity index (χ3v) is 5.82. The summed E-state index contributed by atoms with van der Waals surface area (Å²) in [6.45, 7) is 1.74. The van der Waals surface area contributed by atoms with Crippen LogP contribution in [0.25, 0.3) is 22.8 Å². The molecule has 0 unspecified atom stereocenters. The standard InChI is InChI=1S/C25H24N6O3/c1-30-21(19(16-28-30)25(33)31-13-6-14-31)23(32)27-12-10-20-22(18-9-5-11-26-15-18)34-24(29-20)17-7-3-2-4-8-17/h2-5,7-9,11,15-16H,6,10,12-14H2,1H3,(H,27,32). The summed E-state index contributed by atoms with van der Waals surface area (Å²) < 4.78 is 7.54. The van der Waals surface area contributed by atoms with Crippen LogP contribution in [0.5, 0.6) is 0 Å². The van der Waals surface area contributed by atoms with Crippen molar-refractivity contribution in [2.75, 3.05) is 19.6 Å². The number of hydrogen-bond donors (Lipinski definition) is 1. The number of aryl methyl sites for hydroxylation is 1. The zero-order valence-corrected chi connectivity index (χ0v) is 18.8. The molecule has 1 saturated heterocycles. The summed E-state index contributed by atoms with van der Waals surface area (Å²) in [5.74, 6) is 0.621. The highest BCUT2D eigenvalue weighted by Crippen LogP contribution is 2.29. The molecule has 1 aromatic carbocycles. The predicted molar refractivity (Wildman–Crippen MR) is 125 cm³/mol. The van der Waals surface area contributed by atoms with E-state index >= 15 is 0 Å². The van der Waals surface area contributed by atoms with Gasteiger partial charge in [-0.05, 0) is 30.7 Å². The van der Waals surface area contributed by atoms with Crippen molar-refractivity contribution in [2.24, 2.45) is 7.05 Å². The second-order valence-corrected chi connectivity index (χ2v) is 8.08. The molecular formula is C25H24N6O3. The van der Waals surface area contributed by atoms with E-state index in [1.807, 2.05) is 42.5 Å². The highest BCUT2D eigenvalue weighted by molar-refractivity contribution is 6.06. The summed E-state index contributed by atoms with van der Waals surface area (Å²) in [7, 11) is 1.66. The largest absolute Gasteiger partial charge is 0.436 e. The number of rotatable bonds is 7. The molecule has 4 aromatic rings. The summed E-state index contributed by atoms with van der Waals surface area (Å²) in [6, 6.07) is 13.4. The topological polar surface area (TPSA) is 106 Å². The Morgan fingerprint density at radius 3 is 2.56 bits per heavy atom. The van der Waals surface area contributed by atoms with E-state index in [0.717, 1.165) is 17.5 Å². The van der Waals surface area contributed by atoms with E-state index in [1.165, 1.54) is 10.9 Å². The van der Waals surface area contributed by atoms with Crippen LogP contribution < -0.4 is 5.32 Å². The molecule has 0 saturated carbocycles. The molecule has 0 bridgehead atoms. The van der Waals surface area contributed by atoms with Gasteiger partial charge in [0.05, 0.1) is 17.5 Å². The monoisotopic (exact) mass is 456 g/mol. The molecule has 172 valence electrons. The van der Waals surface area contributed by atoms with Gasteiger partial charge >= 0.3 is 0 Å². The van der Waals surface area contributed by atoms with Gasteiger partial charge in [-0.1, -0.05) is 18.2 Å². The molecule has 1 fully saturated rings. The molecule has 9 nitrogen and oxygen atoms in total. The lowest BCUT2D eigenvalue weighted by Gasteiger charge is -2.30. The van der Waals surface area contributed by atoms with Crippen LogP contribution in [0.1, 0.15) is 33.0 Å². The number of oxazole rings is 1. The molecule has 0 spiro atoms. The van der Waals surface area contributed by atoms with Gasteiger partial charge in [0.25, 0.3) is 11.8 Å². The van der Waals surface area contributed by atoms with Gasteiger partial charge in [-0.15, -0.1) is 0 Å². The van der Waals surface area contributed by atoms with Crippen molar-refractivity contribution in [3.63, 3.8) is 0 Å². The van der Waals surface area contributed by atoms with E-state index in [1.54, 1.807) is 24.3 Å². The molecule has 9 heteroatoms. The van der Waals surface area contributed by atoms with Gasteiger partial charge in [-0.3, -0.25) is 19.3 Å². The van der Waals surface area contributed by atoms with Crippen LogP contribution in [0.15, 0.2) is 65.5 Å². The van der Waals surface area contributed by atoms with Crippen LogP contribution in [0.3, 0.4) is 0 Å². The fraction of sp³-hybridized carbons (Fsp3) is 0.240. The van der Waals surface area contributed by atoms with E-state index in [0.29, 0.717) is 49.0 Å². The zero-order chi connectivity index (χ0) is 23.5. The van der Waals surface area contributed by atoms with Gasteiger partial charge in [0, 0.05) is 56.6 Å². The summed E-state index contributed by atoms with van der Waals surface area (Å²) in [5, 5.41) is 7.04. The van der Waals surface area contributed by atoms with Gasteiger partial charge < -0.3 is 14.6 Å². The summed E-state index contributed by atoms with van der Waals surface area (Å²) in [6.07, 6.45) is 6.31. The molecule has 2 amide bonds. The Hall–Kier alpha value is -4.27. The average Bonchev–Trinajstić information content (AvgIpc) is 3.43. The van der Waals surface area contributed by atoms with Gasteiger partial charge in [-0.25, -0.2) is 4.98 Å².